The fourth-order valence-corrected chi connectivity index (χ4v) is 5.28. The predicted octanol–water partition coefficient (Wildman–Crippen LogP) is -0.422. The van der Waals surface area contributed by atoms with E-state index >= 15 is 0 Å². The van der Waals surface area contributed by atoms with Crippen LogP contribution in [0, 0.1) is 5.92 Å². The zero-order valence-electron chi connectivity index (χ0n) is 20.6. The number of aliphatic hydroxyl groups excluding tert-OH is 2. The van der Waals surface area contributed by atoms with Crippen LogP contribution in [-0.4, -0.2) is 91.4 Å². The minimum absolute atomic E-state index is 0.0423. The topological polar surface area (TPSA) is 206 Å². The highest BCUT2D eigenvalue weighted by molar-refractivity contribution is 5.93. The van der Waals surface area contributed by atoms with Crippen LogP contribution >= 0.6 is 0 Å². The average molecular weight is 524 g/mol. The number of rotatable bonds is 11. The van der Waals surface area contributed by atoms with E-state index in [0.717, 1.165) is 5.56 Å². The van der Waals surface area contributed by atoms with E-state index in [1.165, 1.54) is 6.92 Å². The van der Waals surface area contributed by atoms with E-state index in [0.29, 0.717) is 12.0 Å². The number of esters is 1. The van der Waals surface area contributed by atoms with Crippen LogP contribution in [0.2, 0.25) is 0 Å². The van der Waals surface area contributed by atoms with Crippen molar-refractivity contribution in [2.75, 3.05) is 6.54 Å². The maximum absolute atomic E-state index is 12.3. The second kappa shape index (κ2) is 10.5. The summed E-state index contributed by atoms with van der Waals surface area (Å²) in [5.74, 6) is -7.08. The molecule has 2 saturated heterocycles. The van der Waals surface area contributed by atoms with Gasteiger partial charge in [0.25, 0.3) is 0 Å². The predicted molar refractivity (Wildman–Crippen MR) is 126 cm³/mol. The minimum atomic E-state index is -3.31. The van der Waals surface area contributed by atoms with Crippen molar-refractivity contribution in [3.05, 3.63) is 48.0 Å². The third-order valence-corrected chi connectivity index (χ3v) is 7.14. The molecule has 204 valence electrons. The summed E-state index contributed by atoms with van der Waals surface area (Å²) >= 11 is 0. The number of carboxylic acids is 2. The molecule has 2 aliphatic heterocycles. The van der Waals surface area contributed by atoms with Gasteiger partial charge < -0.3 is 45.5 Å². The second-order valence-corrected chi connectivity index (χ2v) is 9.61. The number of fused-ring (bicyclic) bond motifs is 2. The smallest absolute Gasteiger partial charge is 0.342 e. The molecule has 3 rings (SSSR count). The maximum atomic E-state index is 12.3. The van der Waals surface area contributed by atoms with Crippen molar-refractivity contribution in [3.63, 3.8) is 0 Å². The first-order valence-electron chi connectivity index (χ1n) is 11.8. The maximum Gasteiger partial charge on any atom is 0.342 e. The molecule has 8 atom stereocenters. The van der Waals surface area contributed by atoms with E-state index in [2.05, 4.69) is 6.58 Å². The monoisotopic (exact) mass is 523 g/mol. The number of hydrogen-bond acceptors (Lipinski definition) is 10. The lowest BCUT2D eigenvalue weighted by atomic mass is 9.74. The van der Waals surface area contributed by atoms with E-state index in [1.54, 1.807) is 0 Å². The Kier molecular flexibility index (Phi) is 8.13. The Hall–Kier alpha value is -2.87. The van der Waals surface area contributed by atoms with Crippen molar-refractivity contribution >= 4 is 17.9 Å². The number of benzene rings is 1. The molecule has 0 aliphatic carbocycles. The van der Waals surface area contributed by atoms with Crippen molar-refractivity contribution in [1.29, 1.82) is 0 Å². The number of carbonyl (C=O) groups excluding carboxylic acids is 1. The van der Waals surface area contributed by atoms with Gasteiger partial charge in [-0.15, -0.1) is 0 Å². The first-order valence-corrected chi connectivity index (χ1v) is 11.8. The number of carboxylic acid groups (broad SMARTS) is 2. The molecule has 0 spiro atoms. The first kappa shape index (κ1) is 28.7. The highest BCUT2D eigenvalue weighted by Crippen LogP contribution is 2.54. The largest absolute Gasteiger partial charge is 0.479 e. The van der Waals surface area contributed by atoms with E-state index in [4.69, 9.17) is 19.9 Å². The Labute approximate surface area is 213 Å². The molecule has 8 unspecified atom stereocenters. The second-order valence-electron chi connectivity index (χ2n) is 9.61. The van der Waals surface area contributed by atoms with E-state index in [1.807, 2.05) is 37.3 Å². The van der Waals surface area contributed by atoms with Crippen molar-refractivity contribution in [2.45, 2.75) is 74.5 Å². The number of carbonyl (C=O) groups is 3. The van der Waals surface area contributed by atoms with Crippen LogP contribution in [0.5, 0.6) is 0 Å². The van der Waals surface area contributed by atoms with Crippen LogP contribution in [0.25, 0.3) is 0 Å². The van der Waals surface area contributed by atoms with Crippen LogP contribution in [0.1, 0.15) is 32.3 Å². The van der Waals surface area contributed by atoms with Crippen LogP contribution in [-0.2, 0) is 35.0 Å². The molecule has 2 heterocycles. The Bertz CT molecular complexity index is 1050. The molecule has 0 saturated carbocycles. The summed E-state index contributed by atoms with van der Waals surface area (Å²) in [5.41, 5.74) is 0.520. The molecule has 1 aromatic carbocycles. The van der Waals surface area contributed by atoms with Gasteiger partial charge >= 0.3 is 17.9 Å². The summed E-state index contributed by atoms with van der Waals surface area (Å²) < 4.78 is 16.6. The zero-order valence-corrected chi connectivity index (χ0v) is 20.6. The lowest BCUT2D eigenvalue weighted by Gasteiger charge is -2.50. The summed E-state index contributed by atoms with van der Waals surface area (Å²) in [6.45, 7) is 6.46. The van der Waals surface area contributed by atoms with Crippen molar-refractivity contribution in [2.24, 2.45) is 11.7 Å². The Morgan fingerprint density at radius 2 is 1.76 bits per heavy atom. The standard InChI is InChI=1S/C25H33NO11/c1-13(18(35-15(3)27)14(2)11-16-7-5-4-6-8-16)9-10-23-19(28)20(29)25(37-23,22(32)33)24(34,21(30)31)17(12-26)36-23/h4-8,14,17-20,28-29,34H,1,9-12,26H2,2-3H3,(H,30,31)(H,32,33). The molecule has 1 aromatic rings. The van der Waals surface area contributed by atoms with Gasteiger partial charge in [0, 0.05) is 25.8 Å². The molecule has 7 N–H and O–H groups in total. The van der Waals surface area contributed by atoms with Gasteiger partial charge in [0.1, 0.15) is 24.4 Å². The van der Waals surface area contributed by atoms with Crippen molar-refractivity contribution < 1.29 is 54.1 Å². The molecule has 37 heavy (non-hydrogen) atoms. The van der Waals surface area contributed by atoms with Crippen molar-refractivity contribution in [3.8, 4) is 0 Å². The number of aliphatic hydroxyl groups is 3. The third kappa shape index (κ3) is 4.65. The summed E-state index contributed by atoms with van der Waals surface area (Å²) in [5, 5.41) is 52.1. The number of nitrogens with two attached hydrogens (primary N) is 1. The zero-order chi connectivity index (χ0) is 27.8. The Morgan fingerprint density at radius 1 is 1.14 bits per heavy atom. The summed E-state index contributed by atoms with van der Waals surface area (Å²) in [6, 6.07) is 9.47. The van der Waals surface area contributed by atoms with Crippen LogP contribution in [0.4, 0.5) is 0 Å². The normalized spacial score (nSPS) is 34.4. The summed E-state index contributed by atoms with van der Waals surface area (Å²) in [4.78, 5) is 36.1. The first-order chi connectivity index (χ1) is 17.3. The SMILES string of the molecule is C=C(CCC12OC(CN)C(O)(C(=O)O)C(C(=O)O)(O1)C(O)C2O)C(OC(C)=O)C(C)Cc1ccccc1. The van der Waals surface area contributed by atoms with Crippen LogP contribution in [0.15, 0.2) is 42.5 Å². The van der Waals surface area contributed by atoms with Gasteiger partial charge in [-0.05, 0) is 24.0 Å². The molecule has 0 radical (unpaired) electrons. The quantitative estimate of drug-likeness (QED) is 0.161. The van der Waals surface area contributed by atoms with Crippen LogP contribution in [0.3, 0.4) is 0 Å². The lowest BCUT2D eigenvalue weighted by molar-refractivity contribution is -0.377. The molecule has 0 aromatic heterocycles. The molecule has 12 heteroatoms. The third-order valence-electron chi connectivity index (χ3n) is 7.14. The van der Waals surface area contributed by atoms with Crippen LogP contribution < -0.4 is 5.73 Å². The fraction of sp³-hybridized carbons (Fsp3) is 0.560. The number of hydrogen-bond donors (Lipinski definition) is 6. The molecule has 2 bridgehead atoms. The molecular weight excluding hydrogens is 490 g/mol. The summed E-state index contributed by atoms with van der Waals surface area (Å²) in [6.07, 6.45) is -6.88. The fourth-order valence-electron chi connectivity index (χ4n) is 5.28. The number of aliphatic carboxylic acids is 2. The van der Waals surface area contributed by atoms with Gasteiger partial charge in [-0.3, -0.25) is 4.79 Å². The number of ether oxygens (including phenoxy) is 3. The van der Waals surface area contributed by atoms with E-state index in [9.17, 15) is 39.9 Å². The highest BCUT2D eigenvalue weighted by Gasteiger charge is 2.83. The van der Waals surface area contributed by atoms with E-state index in [-0.39, 0.29) is 18.8 Å². The van der Waals surface area contributed by atoms with Gasteiger partial charge in [-0.25, -0.2) is 9.59 Å². The highest BCUT2D eigenvalue weighted by atomic mass is 16.8. The van der Waals surface area contributed by atoms with Gasteiger partial charge in [0.2, 0.25) is 11.2 Å². The van der Waals surface area contributed by atoms with Crippen molar-refractivity contribution in [1.82, 2.24) is 0 Å². The van der Waals surface area contributed by atoms with Gasteiger partial charge in [0.05, 0.1) is 0 Å². The minimum Gasteiger partial charge on any atom is -0.479 e. The van der Waals surface area contributed by atoms with Gasteiger partial charge in [-0.1, -0.05) is 43.8 Å². The molecule has 12 nitrogen and oxygen atoms in total. The van der Waals surface area contributed by atoms with E-state index < -0.39 is 65.9 Å². The molecule has 0 amide bonds. The lowest BCUT2D eigenvalue weighted by Crippen LogP contribution is -2.77. The van der Waals surface area contributed by atoms with Gasteiger partial charge in [0.15, 0.2) is 5.79 Å². The molecule has 2 aliphatic rings. The van der Waals surface area contributed by atoms with Gasteiger partial charge in [-0.2, -0.15) is 0 Å². The molecular formula is C25H33NO11. The Balaban J connectivity index is 1.89. The Morgan fingerprint density at radius 3 is 2.27 bits per heavy atom. The summed E-state index contributed by atoms with van der Waals surface area (Å²) in [7, 11) is 0. The average Bonchev–Trinajstić information content (AvgIpc) is 3.04. The molecule has 2 fully saturated rings.